The summed E-state index contributed by atoms with van der Waals surface area (Å²) >= 11 is 0. The highest BCUT2D eigenvalue weighted by Crippen LogP contribution is 2.23. The van der Waals surface area contributed by atoms with Crippen molar-refractivity contribution in [3.05, 3.63) is 82.8 Å². The molecule has 0 fully saturated rings. The van der Waals surface area contributed by atoms with Gasteiger partial charge in [0, 0.05) is 12.6 Å². The predicted molar refractivity (Wildman–Crippen MR) is 93.9 cm³/mol. The van der Waals surface area contributed by atoms with Crippen LogP contribution in [0.25, 0.3) is 0 Å². The molecule has 9 heteroatoms. The molecule has 2 aromatic carbocycles. The van der Waals surface area contributed by atoms with Gasteiger partial charge in [0.1, 0.15) is 23.2 Å². The molecule has 0 saturated heterocycles. The first-order valence-corrected chi connectivity index (χ1v) is 8.12. The van der Waals surface area contributed by atoms with Crippen molar-refractivity contribution in [2.45, 2.75) is 13.5 Å². The zero-order valence-electron chi connectivity index (χ0n) is 14.6. The van der Waals surface area contributed by atoms with E-state index in [0.717, 1.165) is 12.1 Å². The Morgan fingerprint density at radius 1 is 0.964 bits per heavy atom. The third-order valence-electron chi connectivity index (χ3n) is 3.73. The Morgan fingerprint density at radius 3 is 2.39 bits per heavy atom. The highest BCUT2D eigenvalue weighted by Gasteiger charge is 2.15. The van der Waals surface area contributed by atoms with Crippen molar-refractivity contribution in [2.24, 2.45) is 0 Å². The van der Waals surface area contributed by atoms with E-state index in [1.165, 1.54) is 37.3 Å². The molecular formula is C19H14F4N4O. The summed E-state index contributed by atoms with van der Waals surface area (Å²) in [4.78, 5) is 20.3. The van der Waals surface area contributed by atoms with Crippen LogP contribution < -0.4 is 10.6 Å². The number of benzene rings is 2. The van der Waals surface area contributed by atoms with Crippen LogP contribution >= 0.6 is 0 Å². The maximum absolute atomic E-state index is 13.8. The van der Waals surface area contributed by atoms with Crippen LogP contribution in [-0.4, -0.2) is 15.9 Å². The molecule has 0 aliphatic rings. The topological polar surface area (TPSA) is 66.9 Å². The number of rotatable bonds is 5. The third-order valence-corrected chi connectivity index (χ3v) is 3.73. The molecule has 28 heavy (non-hydrogen) atoms. The molecule has 5 nitrogen and oxygen atoms in total. The van der Waals surface area contributed by atoms with Gasteiger partial charge in [0.15, 0.2) is 17.5 Å². The van der Waals surface area contributed by atoms with Gasteiger partial charge >= 0.3 is 0 Å². The number of nitrogens with one attached hydrogen (secondary N) is 2. The second-order valence-electron chi connectivity index (χ2n) is 5.84. The molecule has 0 aliphatic heterocycles. The Balaban J connectivity index is 1.76. The van der Waals surface area contributed by atoms with E-state index >= 15 is 0 Å². The van der Waals surface area contributed by atoms with E-state index in [-0.39, 0.29) is 35.4 Å². The van der Waals surface area contributed by atoms with Crippen molar-refractivity contribution in [2.75, 3.05) is 5.32 Å². The van der Waals surface area contributed by atoms with Crippen LogP contribution in [0, 0.1) is 30.2 Å². The van der Waals surface area contributed by atoms with Gasteiger partial charge in [0.25, 0.3) is 5.91 Å². The Labute approximate surface area is 157 Å². The third kappa shape index (κ3) is 4.43. The predicted octanol–water partition coefficient (Wildman–Crippen LogP) is 4.02. The molecule has 2 N–H and O–H groups in total. The lowest BCUT2D eigenvalue weighted by molar-refractivity contribution is 0.0945. The van der Waals surface area contributed by atoms with Crippen molar-refractivity contribution < 1.29 is 22.4 Å². The van der Waals surface area contributed by atoms with Crippen LogP contribution in [0.5, 0.6) is 0 Å². The summed E-state index contributed by atoms with van der Waals surface area (Å²) < 4.78 is 53.1. The van der Waals surface area contributed by atoms with E-state index in [1.54, 1.807) is 0 Å². The van der Waals surface area contributed by atoms with Crippen molar-refractivity contribution in [1.82, 2.24) is 15.3 Å². The van der Waals surface area contributed by atoms with Crippen molar-refractivity contribution in [1.29, 1.82) is 0 Å². The average molecular weight is 390 g/mol. The SMILES string of the molecule is Cc1nc(Nc2ccc(F)c(F)c2F)cc(C(=O)NCc2ccc(F)cc2)n1. The molecule has 0 aliphatic carbocycles. The summed E-state index contributed by atoms with van der Waals surface area (Å²) in [5, 5.41) is 5.12. The maximum atomic E-state index is 13.8. The molecule has 1 amide bonds. The fourth-order valence-electron chi connectivity index (χ4n) is 2.38. The van der Waals surface area contributed by atoms with E-state index in [0.29, 0.717) is 5.56 Å². The van der Waals surface area contributed by atoms with E-state index < -0.39 is 23.4 Å². The minimum atomic E-state index is -1.62. The summed E-state index contributed by atoms with van der Waals surface area (Å²) in [6, 6.07) is 8.63. The average Bonchev–Trinajstić information content (AvgIpc) is 2.67. The summed E-state index contributed by atoms with van der Waals surface area (Å²) in [7, 11) is 0. The van der Waals surface area contributed by atoms with Crippen LogP contribution in [0.4, 0.5) is 29.1 Å². The minimum Gasteiger partial charge on any atom is -0.347 e. The molecule has 0 unspecified atom stereocenters. The zero-order chi connectivity index (χ0) is 20.3. The standard InChI is InChI=1S/C19H14F4N4O/c1-10-25-15(19(28)24-9-11-2-4-12(20)5-3-11)8-16(26-10)27-14-7-6-13(21)17(22)18(14)23/h2-8H,9H2,1H3,(H,24,28)(H,25,26,27). The minimum absolute atomic E-state index is 0.0138. The summed E-state index contributed by atoms with van der Waals surface area (Å²) in [6.45, 7) is 1.66. The van der Waals surface area contributed by atoms with E-state index in [1.807, 2.05) is 0 Å². The molecule has 0 radical (unpaired) electrons. The summed E-state index contributed by atoms with van der Waals surface area (Å²) in [6.07, 6.45) is 0. The number of hydrogen-bond acceptors (Lipinski definition) is 4. The second kappa shape index (κ2) is 8.03. The number of nitrogens with zero attached hydrogens (tertiary/aromatic N) is 2. The molecule has 144 valence electrons. The number of halogens is 4. The van der Waals surface area contributed by atoms with Gasteiger partial charge in [-0.2, -0.15) is 0 Å². The molecule has 3 aromatic rings. The number of aryl methyl sites for hydroxylation is 1. The Bertz CT molecular complexity index is 1030. The first kappa shape index (κ1) is 19.3. The quantitative estimate of drug-likeness (QED) is 0.510. The normalized spacial score (nSPS) is 10.6. The van der Waals surface area contributed by atoms with Crippen LogP contribution in [-0.2, 0) is 6.54 Å². The molecule has 0 atom stereocenters. The number of carbonyl (C=O) groups excluding carboxylic acids is 1. The molecule has 1 aromatic heterocycles. The molecule has 0 bridgehead atoms. The van der Waals surface area contributed by atoms with Crippen LogP contribution in [0.2, 0.25) is 0 Å². The fourth-order valence-corrected chi connectivity index (χ4v) is 2.38. The zero-order valence-corrected chi connectivity index (χ0v) is 14.6. The molecule has 1 heterocycles. The Kier molecular flexibility index (Phi) is 5.53. The number of anilines is 2. The number of aromatic nitrogens is 2. The molecular weight excluding hydrogens is 376 g/mol. The number of hydrogen-bond donors (Lipinski definition) is 2. The van der Waals surface area contributed by atoms with E-state index in [2.05, 4.69) is 20.6 Å². The van der Waals surface area contributed by atoms with Gasteiger partial charge in [-0.25, -0.2) is 27.5 Å². The molecule has 0 spiro atoms. The number of carbonyl (C=O) groups is 1. The summed E-state index contributed by atoms with van der Waals surface area (Å²) in [5.41, 5.74) is 0.331. The van der Waals surface area contributed by atoms with Crippen molar-refractivity contribution >= 4 is 17.4 Å². The van der Waals surface area contributed by atoms with Crippen LogP contribution in [0.1, 0.15) is 21.9 Å². The highest BCUT2D eigenvalue weighted by atomic mass is 19.2. The van der Waals surface area contributed by atoms with E-state index in [4.69, 9.17) is 0 Å². The van der Waals surface area contributed by atoms with Crippen molar-refractivity contribution in [3.8, 4) is 0 Å². The largest absolute Gasteiger partial charge is 0.347 e. The fraction of sp³-hybridized carbons (Fsp3) is 0.105. The Morgan fingerprint density at radius 2 is 1.68 bits per heavy atom. The summed E-state index contributed by atoms with van der Waals surface area (Å²) in [5.74, 6) is -5.02. The lowest BCUT2D eigenvalue weighted by atomic mass is 10.2. The van der Waals surface area contributed by atoms with Gasteiger partial charge in [-0.05, 0) is 36.8 Å². The Hall–Kier alpha value is -3.49. The number of amides is 1. The lowest BCUT2D eigenvalue weighted by Gasteiger charge is -2.10. The maximum Gasteiger partial charge on any atom is 0.270 e. The van der Waals surface area contributed by atoms with Gasteiger partial charge in [0.05, 0.1) is 5.69 Å². The second-order valence-corrected chi connectivity index (χ2v) is 5.84. The van der Waals surface area contributed by atoms with Gasteiger partial charge < -0.3 is 10.6 Å². The van der Waals surface area contributed by atoms with E-state index in [9.17, 15) is 22.4 Å². The van der Waals surface area contributed by atoms with Crippen LogP contribution in [0.15, 0.2) is 42.5 Å². The molecule has 0 saturated carbocycles. The molecule has 3 rings (SSSR count). The van der Waals surface area contributed by atoms with Gasteiger partial charge in [-0.15, -0.1) is 0 Å². The van der Waals surface area contributed by atoms with Crippen molar-refractivity contribution in [3.63, 3.8) is 0 Å². The smallest absolute Gasteiger partial charge is 0.270 e. The monoisotopic (exact) mass is 390 g/mol. The first-order chi connectivity index (χ1) is 13.3. The van der Waals surface area contributed by atoms with Gasteiger partial charge in [0.2, 0.25) is 0 Å². The van der Waals surface area contributed by atoms with Gasteiger partial charge in [-0.3, -0.25) is 4.79 Å². The van der Waals surface area contributed by atoms with Gasteiger partial charge in [-0.1, -0.05) is 12.1 Å². The highest BCUT2D eigenvalue weighted by molar-refractivity contribution is 5.93. The lowest BCUT2D eigenvalue weighted by Crippen LogP contribution is -2.24. The first-order valence-electron chi connectivity index (χ1n) is 8.12. The van der Waals surface area contributed by atoms with Crippen LogP contribution in [0.3, 0.4) is 0 Å².